The first-order valence-corrected chi connectivity index (χ1v) is 11.4. The van der Waals surface area contributed by atoms with Gasteiger partial charge in [-0.25, -0.2) is 4.79 Å². The summed E-state index contributed by atoms with van der Waals surface area (Å²) >= 11 is 0. The molecule has 2 aliphatic heterocycles. The van der Waals surface area contributed by atoms with Gasteiger partial charge >= 0.3 is 6.09 Å². The minimum Gasteiger partial charge on any atom is -0.443 e. The molecule has 176 valence electrons. The minimum absolute atomic E-state index is 0.0564. The molecular weight excluding hydrogens is 410 g/mol. The molecule has 8 heteroatoms. The van der Waals surface area contributed by atoms with E-state index in [9.17, 15) is 9.90 Å². The number of rotatable bonds is 11. The lowest BCUT2D eigenvalue weighted by atomic mass is 9.88. The number of aliphatic hydroxyl groups is 1. The molecule has 0 aliphatic carbocycles. The van der Waals surface area contributed by atoms with Crippen molar-refractivity contribution in [2.75, 3.05) is 26.3 Å². The smallest absolute Gasteiger partial charge is 0.407 e. The molecule has 3 rings (SSSR count). The second-order valence-electron chi connectivity index (χ2n) is 9.43. The minimum atomic E-state index is -0.808. The number of nitriles is 1. The van der Waals surface area contributed by atoms with Crippen LogP contribution in [-0.4, -0.2) is 62.0 Å². The van der Waals surface area contributed by atoms with Gasteiger partial charge < -0.3 is 30.0 Å². The predicted octanol–water partition coefficient (Wildman–Crippen LogP) is 2.37. The largest absolute Gasteiger partial charge is 0.443 e. The lowest BCUT2D eigenvalue weighted by molar-refractivity contribution is -0.0907. The van der Waals surface area contributed by atoms with Crippen LogP contribution in [0.3, 0.4) is 0 Å². The van der Waals surface area contributed by atoms with Crippen LogP contribution in [0.2, 0.25) is 0 Å². The number of aliphatic hydroxyl groups excluding tert-OH is 1. The number of carbonyl (C=O) groups is 1. The van der Waals surface area contributed by atoms with Crippen LogP contribution in [0.1, 0.15) is 38.7 Å². The van der Waals surface area contributed by atoms with E-state index in [1.54, 1.807) is 0 Å². The average molecular weight is 446 g/mol. The van der Waals surface area contributed by atoms with Crippen molar-refractivity contribution in [2.24, 2.45) is 11.3 Å². The van der Waals surface area contributed by atoms with E-state index in [0.717, 1.165) is 18.4 Å². The summed E-state index contributed by atoms with van der Waals surface area (Å²) in [7, 11) is 0. The molecule has 8 nitrogen and oxygen atoms in total. The number of hydrogen-bond donors (Lipinski definition) is 3. The third-order valence-electron chi connectivity index (χ3n) is 6.18. The number of benzene rings is 1. The monoisotopic (exact) mass is 445 g/mol. The molecule has 2 aliphatic rings. The molecule has 0 radical (unpaired) electrons. The Kier molecular flexibility index (Phi) is 8.88. The van der Waals surface area contributed by atoms with Gasteiger partial charge in [0.2, 0.25) is 0 Å². The van der Waals surface area contributed by atoms with Crippen LogP contribution in [0, 0.1) is 22.7 Å². The Morgan fingerprint density at radius 1 is 1.34 bits per heavy atom. The standard InChI is InChI=1S/C24H35N3O5/c1-24(2,10-6-11-25)16-26-14-20(28)19(13-17-7-4-3-5-8-17)27-23(29)32-21-15-31-22-18(21)9-12-30-22/h3-5,7-8,18-22,26,28H,6,9-10,12-16H2,1-2H3,(H,27,29)/t18?,19-,20?,21?,22?/m0/s1. The van der Waals surface area contributed by atoms with Crippen LogP contribution < -0.4 is 10.6 Å². The number of fused-ring (bicyclic) bond motifs is 1. The van der Waals surface area contributed by atoms with Crippen LogP contribution in [0.15, 0.2) is 30.3 Å². The van der Waals surface area contributed by atoms with Gasteiger partial charge in [0.25, 0.3) is 0 Å². The Bertz CT molecular complexity index is 767. The first-order valence-electron chi connectivity index (χ1n) is 11.4. The van der Waals surface area contributed by atoms with E-state index in [2.05, 4.69) is 30.6 Å². The number of alkyl carbamates (subject to hydrolysis) is 1. The van der Waals surface area contributed by atoms with Gasteiger partial charge in [-0.1, -0.05) is 44.2 Å². The maximum atomic E-state index is 12.7. The predicted molar refractivity (Wildman–Crippen MR) is 119 cm³/mol. The molecule has 1 aromatic rings. The molecule has 0 spiro atoms. The van der Waals surface area contributed by atoms with Gasteiger partial charge in [0.1, 0.15) is 6.10 Å². The molecule has 2 heterocycles. The molecule has 2 saturated heterocycles. The quantitative estimate of drug-likeness (QED) is 0.479. The highest BCUT2D eigenvalue weighted by atomic mass is 16.7. The summed E-state index contributed by atoms with van der Waals surface area (Å²) < 4.78 is 16.7. The summed E-state index contributed by atoms with van der Waals surface area (Å²) in [4.78, 5) is 12.7. The lowest BCUT2D eigenvalue weighted by Crippen LogP contribution is -2.50. The fourth-order valence-electron chi connectivity index (χ4n) is 4.21. The van der Waals surface area contributed by atoms with Crippen molar-refractivity contribution in [1.29, 1.82) is 5.26 Å². The van der Waals surface area contributed by atoms with Crippen LogP contribution in [0.4, 0.5) is 4.79 Å². The Hall–Kier alpha value is -2.18. The van der Waals surface area contributed by atoms with E-state index >= 15 is 0 Å². The zero-order valence-corrected chi connectivity index (χ0v) is 19.0. The fraction of sp³-hybridized carbons (Fsp3) is 0.667. The zero-order chi connectivity index (χ0) is 23.0. The number of amides is 1. The highest BCUT2D eigenvalue weighted by Gasteiger charge is 2.44. The maximum absolute atomic E-state index is 12.7. The van der Waals surface area contributed by atoms with Crippen LogP contribution in [-0.2, 0) is 20.6 Å². The van der Waals surface area contributed by atoms with Gasteiger partial charge in [-0.3, -0.25) is 0 Å². The summed E-state index contributed by atoms with van der Waals surface area (Å²) in [5, 5.41) is 25.8. The van der Waals surface area contributed by atoms with Crippen molar-refractivity contribution in [3.63, 3.8) is 0 Å². The van der Waals surface area contributed by atoms with Crippen LogP contribution >= 0.6 is 0 Å². The van der Waals surface area contributed by atoms with Crippen molar-refractivity contribution in [2.45, 2.75) is 64.1 Å². The Labute approximate surface area is 190 Å². The third-order valence-corrected chi connectivity index (χ3v) is 6.18. The molecule has 0 bridgehead atoms. The zero-order valence-electron chi connectivity index (χ0n) is 19.0. The topological polar surface area (TPSA) is 113 Å². The highest BCUT2D eigenvalue weighted by Crippen LogP contribution is 2.33. The Balaban J connectivity index is 1.55. The number of ether oxygens (including phenoxy) is 3. The molecule has 1 amide bonds. The van der Waals surface area contributed by atoms with Gasteiger partial charge in [-0.2, -0.15) is 5.26 Å². The van der Waals surface area contributed by atoms with Crippen molar-refractivity contribution in [1.82, 2.24) is 10.6 Å². The van der Waals surface area contributed by atoms with E-state index in [1.165, 1.54) is 0 Å². The molecule has 0 saturated carbocycles. The SMILES string of the molecule is CC(C)(CCC#N)CNCC(O)[C@H](Cc1ccccc1)NC(=O)OC1COC2OCCC12. The van der Waals surface area contributed by atoms with Crippen LogP contribution in [0.25, 0.3) is 0 Å². The van der Waals surface area contributed by atoms with Gasteiger partial charge in [0, 0.05) is 19.5 Å². The van der Waals surface area contributed by atoms with Gasteiger partial charge in [0.05, 0.1) is 37.3 Å². The van der Waals surface area contributed by atoms with Crippen molar-refractivity contribution >= 4 is 6.09 Å². The van der Waals surface area contributed by atoms with Gasteiger partial charge in [-0.15, -0.1) is 0 Å². The molecule has 3 N–H and O–H groups in total. The fourth-order valence-corrected chi connectivity index (χ4v) is 4.21. The Morgan fingerprint density at radius 3 is 2.88 bits per heavy atom. The normalized spacial score (nSPS) is 24.4. The molecule has 4 unspecified atom stereocenters. The number of nitrogens with one attached hydrogen (secondary N) is 2. The van der Waals surface area contributed by atoms with E-state index < -0.39 is 18.2 Å². The second kappa shape index (κ2) is 11.6. The molecule has 5 atom stereocenters. The third kappa shape index (κ3) is 7.17. The maximum Gasteiger partial charge on any atom is 0.407 e. The number of nitrogens with zero attached hydrogens (tertiary/aromatic N) is 1. The molecule has 2 fully saturated rings. The molecular formula is C24H35N3O5. The van der Waals surface area contributed by atoms with Crippen molar-refractivity contribution < 1.29 is 24.1 Å². The summed E-state index contributed by atoms with van der Waals surface area (Å²) in [6, 6.07) is 11.4. The first kappa shape index (κ1) is 24.5. The first-order chi connectivity index (χ1) is 15.4. The summed E-state index contributed by atoms with van der Waals surface area (Å²) in [5.41, 5.74) is 0.957. The van der Waals surface area contributed by atoms with E-state index in [1.807, 2.05) is 30.3 Å². The Morgan fingerprint density at radius 2 is 2.12 bits per heavy atom. The lowest BCUT2D eigenvalue weighted by Gasteiger charge is -2.28. The molecule has 0 aromatic heterocycles. The van der Waals surface area contributed by atoms with E-state index in [4.69, 9.17) is 19.5 Å². The van der Waals surface area contributed by atoms with Crippen molar-refractivity contribution in [3.8, 4) is 6.07 Å². The van der Waals surface area contributed by atoms with E-state index in [-0.39, 0.29) is 23.7 Å². The number of hydrogen-bond acceptors (Lipinski definition) is 7. The summed E-state index contributed by atoms with van der Waals surface area (Å²) in [6.07, 6.45) is 0.580. The van der Waals surface area contributed by atoms with Gasteiger partial charge in [0.15, 0.2) is 6.29 Å². The molecule has 1 aromatic carbocycles. The highest BCUT2D eigenvalue weighted by molar-refractivity contribution is 5.68. The number of carbonyl (C=O) groups excluding carboxylic acids is 1. The van der Waals surface area contributed by atoms with Gasteiger partial charge in [-0.05, 0) is 30.2 Å². The van der Waals surface area contributed by atoms with Crippen molar-refractivity contribution in [3.05, 3.63) is 35.9 Å². The molecule has 32 heavy (non-hydrogen) atoms. The van der Waals surface area contributed by atoms with Crippen LogP contribution in [0.5, 0.6) is 0 Å². The summed E-state index contributed by atoms with van der Waals surface area (Å²) in [6.45, 7) is 6.10. The second-order valence-corrected chi connectivity index (χ2v) is 9.43. The summed E-state index contributed by atoms with van der Waals surface area (Å²) in [5.74, 6) is 0.0653. The van der Waals surface area contributed by atoms with E-state index in [0.29, 0.717) is 39.1 Å². The average Bonchev–Trinajstić information content (AvgIpc) is 3.37.